The average molecular weight is 712 g/mol. The molecule has 0 radical (unpaired) electrons. The van der Waals surface area contributed by atoms with Crippen molar-refractivity contribution in [2.75, 3.05) is 18.9 Å². The van der Waals surface area contributed by atoms with Gasteiger partial charge < -0.3 is 39.3 Å². The number of halogens is 2. The summed E-state index contributed by atoms with van der Waals surface area (Å²) in [7, 11) is -2.65. The van der Waals surface area contributed by atoms with Crippen LogP contribution in [0.2, 0.25) is 0 Å². The van der Waals surface area contributed by atoms with Gasteiger partial charge in [-0.3, -0.25) is 23.7 Å². The fraction of sp³-hybridized carbons (Fsp3) is 0.476. The van der Waals surface area contributed by atoms with Crippen LogP contribution < -0.4 is 16.9 Å². The Balaban J connectivity index is 1.23. The van der Waals surface area contributed by atoms with Crippen molar-refractivity contribution >= 4 is 66.1 Å². The Hall–Kier alpha value is -2.75. The smallest absolute Gasteiger partial charge is 0.394 e. The monoisotopic (exact) mass is 711 g/mol. The van der Waals surface area contributed by atoms with Gasteiger partial charge in [0.25, 0.3) is 11.1 Å². The normalized spacial score (nSPS) is 30.3. The minimum atomic E-state index is -4.42. The van der Waals surface area contributed by atoms with Gasteiger partial charge in [0.2, 0.25) is 5.95 Å². The van der Waals surface area contributed by atoms with Gasteiger partial charge in [0.1, 0.15) is 36.2 Å². The van der Waals surface area contributed by atoms with E-state index in [0.717, 1.165) is 17.2 Å². The third kappa shape index (κ3) is 6.08. The van der Waals surface area contributed by atoms with Gasteiger partial charge in [0.05, 0.1) is 31.3 Å². The summed E-state index contributed by atoms with van der Waals surface area (Å²) in [4.78, 5) is 51.9. The van der Waals surface area contributed by atoms with Crippen molar-refractivity contribution in [1.29, 1.82) is 0 Å². The van der Waals surface area contributed by atoms with E-state index in [-0.39, 0.29) is 28.1 Å². The molecule has 0 amide bonds. The Bertz CT molecular complexity index is 1930. The number of imidazole rings is 1. The van der Waals surface area contributed by atoms with E-state index < -0.39 is 87.5 Å². The van der Waals surface area contributed by atoms with Crippen LogP contribution in [0, 0.1) is 0 Å². The second kappa shape index (κ2) is 12.5. The van der Waals surface area contributed by atoms with E-state index in [1.807, 2.05) is 0 Å². The molecule has 10 atom stereocenters. The van der Waals surface area contributed by atoms with Gasteiger partial charge in [-0.25, -0.2) is 18.7 Å². The fourth-order valence-corrected chi connectivity index (χ4v) is 7.32. The summed E-state index contributed by atoms with van der Waals surface area (Å²) in [5, 5.41) is 9.80. The molecule has 0 aliphatic carbocycles. The van der Waals surface area contributed by atoms with Crippen LogP contribution in [0.5, 0.6) is 0 Å². The number of alkyl halides is 2. The van der Waals surface area contributed by atoms with Crippen LogP contribution in [-0.2, 0) is 39.4 Å². The highest BCUT2D eigenvalue weighted by atomic mass is 32.7. The van der Waals surface area contributed by atoms with Gasteiger partial charge >= 0.3 is 13.9 Å². The van der Waals surface area contributed by atoms with Gasteiger partial charge in [-0.05, 0) is 22.4 Å². The zero-order valence-corrected chi connectivity index (χ0v) is 25.8. The van der Waals surface area contributed by atoms with Crippen molar-refractivity contribution in [2.45, 2.75) is 49.2 Å². The van der Waals surface area contributed by atoms with Crippen LogP contribution in [0.3, 0.4) is 0 Å². The van der Waals surface area contributed by atoms with Gasteiger partial charge in [-0.15, -0.1) is 4.52 Å². The first-order chi connectivity index (χ1) is 21.4. The topological polar surface area (TPSA) is 244 Å². The lowest BCUT2D eigenvalue weighted by molar-refractivity contribution is -0.0538. The predicted molar refractivity (Wildman–Crippen MR) is 156 cm³/mol. The molecule has 45 heavy (non-hydrogen) atoms. The summed E-state index contributed by atoms with van der Waals surface area (Å²) in [6.45, 7) is -5.91. The molecule has 2 fully saturated rings. The number of aliphatic hydroxyl groups is 1. The van der Waals surface area contributed by atoms with E-state index in [0.29, 0.717) is 0 Å². The van der Waals surface area contributed by atoms with Crippen molar-refractivity contribution in [1.82, 2.24) is 34.1 Å². The summed E-state index contributed by atoms with van der Waals surface area (Å²) in [6, 6.07) is 1.40. The van der Waals surface area contributed by atoms with Gasteiger partial charge in [-0.1, -0.05) is 0 Å². The first kappa shape index (κ1) is 32.2. The molecule has 4 aromatic rings. The molecule has 0 aromatic carbocycles. The number of ether oxygens (including phenoxy) is 2. The molecule has 2 saturated heterocycles. The number of nitrogen functional groups attached to an aromatic ring is 1. The number of anilines is 1. The lowest BCUT2D eigenvalue weighted by Crippen LogP contribution is -2.34. The number of H-pyrrole nitrogens is 2. The minimum Gasteiger partial charge on any atom is -0.394 e. The molecule has 6 heterocycles. The van der Waals surface area contributed by atoms with E-state index in [1.165, 1.54) is 16.8 Å². The Labute approximate surface area is 260 Å². The summed E-state index contributed by atoms with van der Waals surface area (Å²) in [5.41, 5.74) is 4.29. The molecule has 2 aliphatic rings. The van der Waals surface area contributed by atoms with E-state index in [2.05, 4.69) is 37.2 Å². The van der Waals surface area contributed by atoms with Crippen LogP contribution in [0.25, 0.3) is 22.2 Å². The summed E-state index contributed by atoms with van der Waals surface area (Å²) >= 11 is 8.80. The molecule has 6 N–H and O–H groups in total. The molecule has 18 nitrogen and oxygen atoms in total. The van der Waals surface area contributed by atoms with Crippen molar-refractivity contribution in [2.24, 2.45) is 0 Å². The van der Waals surface area contributed by atoms with Gasteiger partial charge in [-0.2, -0.15) is 4.98 Å². The number of nitrogens with one attached hydrogen (secondary N) is 2. The van der Waals surface area contributed by atoms with Crippen LogP contribution in [0.15, 0.2) is 34.5 Å². The second-order valence-corrected chi connectivity index (χ2v) is 14.3. The summed E-state index contributed by atoms with van der Waals surface area (Å²) in [6.07, 6.45) is -9.48. The summed E-state index contributed by atoms with van der Waals surface area (Å²) < 4.78 is 72.7. The number of thiol groups is 1. The molecule has 242 valence electrons. The third-order valence-electron chi connectivity index (χ3n) is 7.09. The van der Waals surface area contributed by atoms with E-state index in [4.69, 9.17) is 40.6 Å². The highest BCUT2D eigenvalue weighted by Crippen LogP contribution is 2.51. The Morgan fingerprint density at radius 1 is 1.13 bits per heavy atom. The van der Waals surface area contributed by atoms with E-state index >= 15 is 8.78 Å². The lowest BCUT2D eigenvalue weighted by atomic mass is 10.1. The Morgan fingerprint density at radius 2 is 1.89 bits per heavy atom. The molecule has 0 saturated carbocycles. The van der Waals surface area contributed by atoms with E-state index in [1.54, 1.807) is 0 Å². The maximum Gasteiger partial charge on any atom is 0.582 e. The first-order valence-electron chi connectivity index (χ1n) is 12.8. The number of aliphatic hydroxyl groups excluding tert-OH is 1. The zero-order valence-electron chi connectivity index (χ0n) is 22.3. The Kier molecular flexibility index (Phi) is 8.91. The Morgan fingerprint density at radius 3 is 2.62 bits per heavy atom. The maximum absolute atomic E-state index is 15.7. The number of aromatic amines is 2. The fourth-order valence-electron chi connectivity index (χ4n) is 5.13. The number of nitrogens with two attached hydrogens (primary N) is 1. The molecule has 0 spiro atoms. The molecular weight excluding hydrogens is 688 g/mol. The molecule has 2 unspecified atom stereocenters. The standard InChI is InChI=1S/C21H22F2N8O10P2S2/c22-10-8(3-32)38-20(31-6-27-12-16(31)28-21(24)29-18(12)34)14(10)41-43(36,45)37-4-9-13(40-42(35)44)11(23)19(39-9)30-2-1-7-15(30)25-5-26-17(7)33/h1-2,5-6,8-11,13-14,19-20,32H,3-4H2,(H5-,24,25,26,28,29,33,34,35,36,44,45)/p+1/t8-,9-,10-,11+,13-,14-,19-,20-,43?/m1/s1. The average Bonchev–Trinajstić information content (AvgIpc) is 3.73. The number of hydrogen-bond donors (Lipinski definition) is 6. The molecule has 24 heteroatoms. The zero-order chi connectivity index (χ0) is 32.2. The maximum atomic E-state index is 15.7. The van der Waals surface area contributed by atoms with Crippen molar-refractivity contribution < 1.29 is 46.4 Å². The van der Waals surface area contributed by atoms with Gasteiger partial charge in [0.15, 0.2) is 42.1 Å². The van der Waals surface area contributed by atoms with Crippen LogP contribution in [0.4, 0.5) is 14.7 Å². The van der Waals surface area contributed by atoms with Gasteiger partial charge in [0, 0.05) is 6.20 Å². The highest BCUT2D eigenvalue weighted by Gasteiger charge is 2.53. The molecular formula is C21H23F2N8O10P2S2+. The number of aromatic nitrogens is 7. The minimum absolute atomic E-state index is 0.0857. The van der Waals surface area contributed by atoms with Crippen LogP contribution in [-0.4, -0.2) is 94.0 Å². The molecule has 0 bridgehead atoms. The highest BCUT2D eigenvalue weighted by molar-refractivity contribution is 8.39. The first-order valence-corrected chi connectivity index (χ1v) is 17.8. The lowest BCUT2D eigenvalue weighted by Gasteiger charge is -2.26. The van der Waals surface area contributed by atoms with Crippen LogP contribution in [0.1, 0.15) is 12.5 Å². The number of hydrogen-bond acceptors (Lipinski definition) is 14. The van der Waals surface area contributed by atoms with Crippen molar-refractivity contribution in [3.05, 3.63) is 45.6 Å². The quantitative estimate of drug-likeness (QED) is 0.0969. The number of rotatable bonds is 10. The van der Waals surface area contributed by atoms with E-state index in [9.17, 15) is 24.2 Å². The van der Waals surface area contributed by atoms with Crippen LogP contribution >= 0.6 is 26.2 Å². The number of fused-ring (bicyclic) bond motifs is 2. The largest absolute Gasteiger partial charge is 0.582 e. The summed E-state index contributed by atoms with van der Waals surface area (Å²) in [5.74, 6) is -0.271. The molecule has 6 rings (SSSR count). The van der Waals surface area contributed by atoms with Crippen molar-refractivity contribution in [3.63, 3.8) is 0 Å². The molecule has 2 aliphatic heterocycles. The third-order valence-corrected chi connectivity index (χ3v) is 9.36. The molecule has 4 aromatic heterocycles. The predicted octanol–water partition coefficient (Wildman–Crippen LogP) is 0.494. The second-order valence-electron chi connectivity index (χ2n) is 9.81. The number of nitrogens with zero attached hydrogens (tertiary/aromatic N) is 5. The van der Waals surface area contributed by atoms with Crippen molar-refractivity contribution in [3.8, 4) is 0 Å². The SMILES string of the molecule is Nc1nc2c(ncn2[C@@H]2O[C@H](CO)[C@@H](F)[C@H]2OP(O)(=S)OC[C@H]2O[C@@H](n3ccc4c(=O)[nH]cnc43)[C@@H](F)[C@@H]2O[P+](=O)S)c(=O)[nH]1.